The van der Waals surface area contributed by atoms with Crippen molar-refractivity contribution in [2.24, 2.45) is 5.11 Å². The Hall–Kier alpha value is -2.36. The first-order valence-electron chi connectivity index (χ1n) is 5.20. The molecule has 2 aromatic carbocycles. The van der Waals surface area contributed by atoms with Crippen LogP contribution in [0.15, 0.2) is 53.6 Å². The van der Waals surface area contributed by atoms with E-state index in [1.54, 1.807) is 36.4 Å². The fourth-order valence-electron chi connectivity index (χ4n) is 1.44. The van der Waals surface area contributed by atoms with Crippen molar-refractivity contribution in [2.75, 3.05) is 0 Å². The lowest BCUT2D eigenvalue weighted by Gasteiger charge is -2.02. The van der Waals surface area contributed by atoms with Crippen molar-refractivity contribution in [2.45, 2.75) is 6.92 Å². The third-order valence-electron chi connectivity index (χ3n) is 2.30. The first-order valence-corrected chi connectivity index (χ1v) is 5.20. The average molecular weight is 228 g/mol. The van der Waals surface area contributed by atoms with Gasteiger partial charge >= 0.3 is 0 Å². The van der Waals surface area contributed by atoms with E-state index >= 15 is 0 Å². The van der Waals surface area contributed by atoms with Gasteiger partial charge < -0.3 is 10.3 Å². The molecule has 0 saturated heterocycles. The molecule has 0 radical (unpaired) electrons. The van der Waals surface area contributed by atoms with Gasteiger partial charge in [-0.3, -0.25) is 0 Å². The number of aromatic hydroxyl groups is 1. The molecule has 0 fully saturated rings. The zero-order chi connectivity index (χ0) is 12.3. The molecule has 0 saturated carbocycles. The van der Waals surface area contributed by atoms with E-state index in [2.05, 4.69) is 5.11 Å². The van der Waals surface area contributed by atoms with Crippen LogP contribution in [0, 0.1) is 12.1 Å². The van der Waals surface area contributed by atoms with Crippen molar-refractivity contribution in [1.29, 1.82) is 0 Å². The van der Waals surface area contributed by atoms with Crippen molar-refractivity contribution in [1.82, 2.24) is 0 Å². The summed E-state index contributed by atoms with van der Waals surface area (Å²) in [6.45, 7) is 1.85. The average Bonchev–Trinajstić information content (AvgIpc) is 2.33. The van der Waals surface area contributed by atoms with Crippen molar-refractivity contribution in [3.05, 3.63) is 59.3 Å². The zero-order valence-corrected chi connectivity index (χ0v) is 9.37. The van der Waals surface area contributed by atoms with Gasteiger partial charge in [0.15, 0.2) is 5.75 Å². The van der Waals surface area contributed by atoms with Gasteiger partial charge in [0, 0.05) is 11.2 Å². The maximum absolute atomic E-state index is 11.8. The smallest absolute Gasteiger partial charge is 0.286 e. The maximum Gasteiger partial charge on any atom is 0.286 e. The van der Waals surface area contributed by atoms with Crippen molar-refractivity contribution in [3.8, 4) is 5.75 Å². The van der Waals surface area contributed by atoms with E-state index in [1.165, 1.54) is 6.07 Å². The standard InChI is InChI=1S/C13H12N2O2/c1-10-7-8-13(16)12(9-10)15(17)14-11-5-3-2-4-6-11/h2-9,16H,1H3. The van der Waals surface area contributed by atoms with Crippen LogP contribution in [-0.2, 0) is 0 Å². The SMILES string of the molecule is Cc1ccc(O)c([N+]([O-])=Nc2ccccc2)c1. The molecule has 4 heteroatoms. The Morgan fingerprint density at radius 1 is 1.12 bits per heavy atom. The van der Waals surface area contributed by atoms with E-state index < -0.39 is 0 Å². The van der Waals surface area contributed by atoms with Crippen LogP contribution in [0.25, 0.3) is 0 Å². The molecule has 0 aliphatic heterocycles. The molecule has 4 nitrogen and oxygen atoms in total. The van der Waals surface area contributed by atoms with E-state index in [1.807, 2.05) is 13.0 Å². The summed E-state index contributed by atoms with van der Waals surface area (Å²) in [4.78, 5) is 0.428. The molecule has 0 aliphatic carbocycles. The molecule has 0 atom stereocenters. The highest BCUT2D eigenvalue weighted by molar-refractivity contribution is 5.47. The van der Waals surface area contributed by atoms with Crippen LogP contribution in [0.3, 0.4) is 0 Å². The lowest BCUT2D eigenvalue weighted by atomic mass is 10.2. The molecule has 0 spiro atoms. The number of phenols is 1. The molecule has 86 valence electrons. The maximum atomic E-state index is 11.8. The Morgan fingerprint density at radius 3 is 2.53 bits per heavy atom. The Kier molecular flexibility index (Phi) is 3.05. The summed E-state index contributed by atoms with van der Waals surface area (Å²) in [7, 11) is 0. The molecule has 0 heterocycles. The number of phenolic OH excluding ortho intramolecular Hbond substituents is 1. The predicted molar refractivity (Wildman–Crippen MR) is 64.7 cm³/mol. The number of hydrogen-bond acceptors (Lipinski definition) is 3. The molecule has 1 N–H and O–H groups in total. The number of azo groups is 1. The largest absolute Gasteiger partial charge is 0.594 e. The fourth-order valence-corrected chi connectivity index (χ4v) is 1.44. The van der Waals surface area contributed by atoms with E-state index in [0.717, 1.165) is 5.56 Å². The first-order chi connectivity index (χ1) is 8.16. The number of hydrogen-bond donors (Lipinski definition) is 1. The van der Waals surface area contributed by atoms with Crippen molar-refractivity contribution in [3.63, 3.8) is 0 Å². The quantitative estimate of drug-likeness (QED) is 0.484. The van der Waals surface area contributed by atoms with Crippen LogP contribution < -0.4 is 0 Å². The molecule has 0 unspecified atom stereocenters. The molecule has 0 amide bonds. The summed E-state index contributed by atoms with van der Waals surface area (Å²) in [6, 6.07) is 13.7. The summed E-state index contributed by atoms with van der Waals surface area (Å²) < 4.78 is 0. The van der Waals surface area contributed by atoms with E-state index in [4.69, 9.17) is 0 Å². The highest BCUT2D eigenvalue weighted by Crippen LogP contribution is 2.27. The van der Waals surface area contributed by atoms with Crippen molar-refractivity contribution < 1.29 is 9.97 Å². The summed E-state index contributed by atoms with van der Waals surface area (Å²) >= 11 is 0. The predicted octanol–water partition coefficient (Wildman–Crippen LogP) is 3.63. The molecular formula is C13H12N2O2. The molecule has 0 aromatic heterocycles. The summed E-state index contributed by atoms with van der Waals surface area (Å²) in [5.41, 5.74) is 1.58. The topological polar surface area (TPSA) is 58.7 Å². The first kappa shape index (κ1) is 11.1. The van der Waals surface area contributed by atoms with E-state index in [0.29, 0.717) is 10.5 Å². The Balaban J connectivity index is 2.40. The highest BCUT2D eigenvalue weighted by Gasteiger charge is 2.11. The van der Waals surface area contributed by atoms with Gasteiger partial charge in [-0.25, -0.2) is 0 Å². The Bertz CT molecular complexity index is 551. The van der Waals surface area contributed by atoms with Crippen LogP contribution >= 0.6 is 0 Å². The van der Waals surface area contributed by atoms with Gasteiger partial charge in [-0.1, -0.05) is 24.3 Å². The van der Waals surface area contributed by atoms with Gasteiger partial charge in [0.05, 0.1) is 0 Å². The minimum absolute atomic E-state index is 0.0784. The van der Waals surface area contributed by atoms with Gasteiger partial charge in [0.2, 0.25) is 0 Å². The number of aryl methyl sites for hydroxylation is 1. The monoisotopic (exact) mass is 228 g/mol. The third kappa shape index (κ3) is 2.60. The summed E-state index contributed by atoms with van der Waals surface area (Å²) in [6.07, 6.45) is 0. The highest BCUT2D eigenvalue weighted by atomic mass is 16.5. The van der Waals surface area contributed by atoms with Gasteiger partial charge in [-0.05, 0) is 35.5 Å². The molecule has 0 aliphatic rings. The normalized spacial score (nSPS) is 11.5. The second-order valence-electron chi connectivity index (χ2n) is 3.70. The zero-order valence-electron chi connectivity index (χ0n) is 9.37. The molecular weight excluding hydrogens is 216 g/mol. The summed E-state index contributed by atoms with van der Waals surface area (Å²) in [5.74, 6) is -0.0784. The minimum atomic E-state index is -0.0784. The fraction of sp³-hybridized carbons (Fsp3) is 0.0769. The molecule has 0 bridgehead atoms. The van der Waals surface area contributed by atoms with Crippen LogP contribution in [0.1, 0.15) is 5.56 Å². The molecule has 17 heavy (non-hydrogen) atoms. The minimum Gasteiger partial charge on any atom is -0.594 e. The van der Waals surface area contributed by atoms with Gasteiger partial charge in [0.1, 0.15) is 5.69 Å². The third-order valence-corrected chi connectivity index (χ3v) is 2.30. The molecule has 2 aromatic rings. The van der Waals surface area contributed by atoms with Crippen LogP contribution in [0.4, 0.5) is 11.4 Å². The second-order valence-corrected chi connectivity index (χ2v) is 3.70. The van der Waals surface area contributed by atoms with E-state index in [9.17, 15) is 10.3 Å². The Morgan fingerprint density at radius 2 is 1.82 bits per heavy atom. The number of benzene rings is 2. The second kappa shape index (κ2) is 4.65. The van der Waals surface area contributed by atoms with Gasteiger partial charge in [0.25, 0.3) is 5.69 Å². The Labute approximate surface area is 99.1 Å². The van der Waals surface area contributed by atoms with Crippen LogP contribution in [0.2, 0.25) is 0 Å². The van der Waals surface area contributed by atoms with Crippen molar-refractivity contribution >= 4 is 11.4 Å². The lowest BCUT2D eigenvalue weighted by molar-refractivity contribution is -0.436. The number of nitrogens with zero attached hydrogens (tertiary/aromatic N) is 2. The lowest BCUT2D eigenvalue weighted by Crippen LogP contribution is -1.91. The summed E-state index contributed by atoms with van der Waals surface area (Å²) in [5, 5.41) is 25.2. The molecule has 2 rings (SSSR count). The van der Waals surface area contributed by atoms with Crippen LogP contribution in [0.5, 0.6) is 5.75 Å². The number of rotatable bonds is 2. The van der Waals surface area contributed by atoms with E-state index in [-0.39, 0.29) is 11.4 Å². The van der Waals surface area contributed by atoms with Crippen LogP contribution in [-0.4, -0.2) is 9.97 Å². The van der Waals surface area contributed by atoms with Gasteiger partial charge in [-0.2, -0.15) is 0 Å². The van der Waals surface area contributed by atoms with Gasteiger partial charge in [-0.15, -0.1) is 0 Å².